The maximum atomic E-state index is 13.1. The van der Waals surface area contributed by atoms with E-state index in [1.54, 1.807) is 12.1 Å². The highest BCUT2D eigenvalue weighted by molar-refractivity contribution is 9.10. The molecular weight excluding hydrogens is 524 g/mol. The zero-order valence-corrected chi connectivity index (χ0v) is 21.3. The summed E-state index contributed by atoms with van der Waals surface area (Å²) in [5.41, 5.74) is 1.49. The predicted molar refractivity (Wildman–Crippen MR) is 140 cm³/mol. The molecule has 2 aliphatic rings. The minimum absolute atomic E-state index is 0.0831. The van der Waals surface area contributed by atoms with Crippen LogP contribution in [0.15, 0.2) is 64.6 Å². The molecular formula is C28H25BrN2O5. The minimum Gasteiger partial charge on any atom is -0.493 e. The van der Waals surface area contributed by atoms with Crippen LogP contribution in [0.5, 0.6) is 11.5 Å². The van der Waals surface area contributed by atoms with E-state index in [2.05, 4.69) is 45.5 Å². The number of rotatable bonds is 6. The molecule has 0 aromatic heterocycles. The maximum absolute atomic E-state index is 13.1. The van der Waals surface area contributed by atoms with E-state index in [4.69, 9.17) is 9.47 Å². The van der Waals surface area contributed by atoms with Gasteiger partial charge in [0, 0.05) is 6.04 Å². The van der Waals surface area contributed by atoms with Gasteiger partial charge in [-0.2, -0.15) is 0 Å². The van der Waals surface area contributed by atoms with E-state index >= 15 is 0 Å². The Bertz CT molecular complexity index is 1390. The molecule has 1 aliphatic heterocycles. The number of benzene rings is 3. The molecule has 4 amide bonds. The number of hydrogen-bond acceptors (Lipinski definition) is 5. The molecule has 0 unspecified atom stereocenters. The van der Waals surface area contributed by atoms with Crippen molar-refractivity contribution in [1.82, 2.24) is 10.2 Å². The highest BCUT2D eigenvalue weighted by Crippen LogP contribution is 2.38. The highest BCUT2D eigenvalue weighted by atomic mass is 79.9. The summed E-state index contributed by atoms with van der Waals surface area (Å²) in [5, 5.41) is 4.59. The molecule has 3 aromatic rings. The zero-order valence-electron chi connectivity index (χ0n) is 19.8. The lowest BCUT2D eigenvalue weighted by molar-refractivity contribution is -0.131. The van der Waals surface area contributed by atoms with Crippen LogP contribution < -0.4 is 14.8 Å². The average molecular weight is 549 g/mol. The van der Waals surface area contributed by atoms with E-state index < -0.39 is 17.8 Å². The number of halogens is 1. The molecule has 1 N–H and O–H groups in total. The summed E-state index contributed by atoms with van der Waals surface area (Å²) >= 11 is 3.54. The van der Waals surface area contributed by atoms with Crippen molar-refractivity contribution < 1.29 is 23.9 Å². The molecule has 3 aromatic carbocycles. The number of nitrogens with one attached hydrogen (secondary N) is 1. The third-order valence-electron chi connectivity index (χ3n) is 6.58. The molecule has 0 radical (unpaired) electrons. The summed E-state index contributed by atoms with van der Waals surface area (Å²) in [7, 11) is 1.53. The average Bonchev–Trinajstić information content (AvgIpc) is 3.39. The first kappa shape index (κ1) is 24.1. The molecule has 2 fully saturated rings. The van der Waals surface area contributed by atoms with Crippen LogP contribution in [-0.2, 0) is 16.2 Å². The lowest BCUT2D eigenvalue weighted by Gasteiger charge is -2.31. The number of fused-ring (bicyclic) bond motifs is 1. The number of urea groups is 1. The zero-order chi connectivity index (χ0) is 25.2. The van der Waals surface area contributed by atoms with E-state index in [1.165, 1.54) is 18.1 Å². The van der Waals surface area contributed by atoms with Crippen LogP contribution in [0.25, 0.3) is 16.8 Å². The summed E-state index contributed by atoms with van der Waals surface area (Å²) in [6.45, 7) is 0.333. The molecule has 0 atom stereocenters. The topological polar surface area (TPSA) is 84.9 Å². The van der Waals surface area contributed by atoms with E-state index in [9.17, 15) is 14.4 Å². The smallest absolute Gasteiger partial charge is 0.331 e. The summed E-state index contributed by atoms with van der Waals surface area (Å²) in [6.07, 6.45) is 4.90. The van der Waals surface area contributed by atoms with Crippen LogP contribution in [0, 0.1) is 0 Å². The molecule has 1 heterocycles. The fourth-order valence-electron chi connectivity index (χ4n) is 4.78. The lowest BCUT2D eigenvalue weighted by atomic mass is 10.0. The molecule has 1 saturated heterocycles. The van der Waals surface area contributed by atoms with Crippen LogP contribution in [0.1, 0.15) is 36.8 Å². The summed E-state index contributed by atoms with van der Waals surface area (Å²) in [6, 6.07) is 16.9. The summed E-state index contributed by atoms with van der Waals surface area (Å²) in [5.74, 6) is -0.312. The molecule has 0 spiro atoms. The Morgan fingerprint density at radius 1 is 1.03 bits per heavy atom. The number of nitrogens with zero attached hydrogens (tertiary/aromatic N) is 1. The number of ether oxygens (including phenoxy) is 2. The van der Waals surface area contributed by atoms with Crippen LogP contribution in [0.3, 0.4) is 0 Å². The standard InChI is InChI=1S/C28H25BrN2O5/c1-35-24-15-18(13-22-26(32)30-28(34)31(27(22)33)21-8-4-5-9-21)14-23(29)25(24)36-16-17-10-11-19-6-2-3-7-20(19)12-17/h2-3,6-7,10-15,21H,4-5,8-9,16H2,1H3,(H,30,32,34)/b22-13+. The van der Waals surface area contributed by atoms with Crippen molar-refractivity contribution in [2.24, 2.45) is 0 Å². The number of amides is 4. The second-order valence-corrected chi connectivity index (χ2v) is 9.79. The monoisotopic (exact) mass is 548 g/mol. The van der Waals surface area contributed by atoms with Gasteiger partial charge < -0.3 is 9.47 Å². The van der Waals surface area contributed by atoms with Crippen molar-refractivity contribution >= 4 is 50.6 Å². The number of carbonyl (C=O) groups is 3. The predicted octanol–water partition coefficient (Wildman–Crippen LogP) is 5.59. The van der Waals surface area contributed by atoms with Gasteiger partial charge in [0.25, 0.3) is 11.8 Å². The second kappa shape index (κ2) is 10.1. The molecule has 1 aliphatic carbocycles. The fourth-order valence-corrected chi connectivity index (χ4v) is 5.35. The number of hydrogen-bond donors (Lipinski definition) is 1. The Labute approximate surface area is 217 Å². The first-order valence-electron chi connectivity index (χ1n) is 11.8. The van der Waals surface area contributed by atoms with E-state index in [1.807, 2.05) is 18.2 Å². The Morgan fingerprint density at radius 2 is 1.78 bits per heavy atom. The van der Waals surface area contributed by atoms with Gasteiger partial charge in [-0.3, -0.25) is 19.8 Å². The molecule has 8 heteroatoms. The second-order valence-electron chi connectivity index (χ2n) is 8.94. The first-order valence-corrected chi connectivity index (χ1v) is 12.6. The quantitative estimate of drug-likeness (QED) is 0.320. The molecule has 1 saturated carbocycles. The highest BCUT2D eigenvalue weighted by Gasteiger charge is 2.40. The maximum Gasteiger partial charge on any atom is 0.331 e. The van der Waals surface area contributed by atoms with Gasteiger partial charge in [0.15, 0.2) is 11.5 Å². The lowest BCUT2D eigenvalue weighted by Crippen LogP contribution is -2.57. The van der Waals surface area contributed by atoms with Crippen LogP contribution in [-0.4, -0.2) is 35.9 Å². The van der Waals surface area contributed by atoms with Crippen molar-refractivity contribution in [1.29, 1.82) is 0 Å². The SMILES string of the molecule is COc1cc(/C=C2\C(=O)NC(=O)N(C3CCCC3)C2=O)cc(Br)c1OCc1ccc2ccccc2c1. The van der Waals surface area contributed by atoms with Gasteiger partial charge in [0.1, 0.15) is 12.2 Å². The van der Waals surface area contributed by atoms with Crippen molar-refractivity contribution in [3.05, 3.63) is 75.8 Å². The Kier molecular flexibility index (Phi) is 6.78. The van der Waals surface area contributed by atoms with Gasteiger partial charge in [0.2, 0.25) is 0 Å². The normalized spacial score (nSPS) is 17.7. The third kappa shape index (κ3) is 4.73. The van der Waals surface area contributed by atoms with Gasteiger partial charge >= 0.3 is 6.03 Å². The van der Waals surface area contributed by atoms with Gasteiger partial charge in [-0.25, -0.2) is 4.79 Å². The number of barbiturate groups is 1. The number of imide groups is 2. The third-order valence-corrected chi connectivity index (χ3v) is 7.17. The fraction of sp³-hybridized carbons (Fsp3) is 0.250. The van der Waals surface area contributed by atoms with Gasteiger partial charge in [-0.1, -0.05) is 49.2 Å². The van der Waals surface area contributed by atoms with Crippen molar-refractivity contribution in [2.45, 2.75) is 38.3 Å². The Balaban J connectivity index is 1.39. The first-order chi connectivity index (χ1) is 17.4. The largest absolute Gasteiger partial charge is 0.493 e. The van der Waals surface area contributed by atoms with Gasteiger partial charge in [-0.05, 0) is 74.9 Å². The van der Waals surface area contributed by atoms with Gasteiger partial charge in [0.05, 0.1) is 11.6 Å². The summed E-state index contributed by atoms with van der Waals surface area (Å²) in [4.78, 5) is 39.2. The van der Waals surface area contributed by atoms with E-state index in [-0.39, 0.29) is 11.6 Å². The van der Waals surface area contributed by atoms with Gasteiger partial charge in [-0.15, -0.1) is 0 Å². The molecule has 0 bridgehead atoms. The van der Waals surface area contributed by atoms with Crippen LogP contribution in [0.4, 0.5) is 4.79 Å². The van der Waals surface area contributed by atoms with Crippen molar-refractivity contribution in [2.75, 3.05) is 7.11 Å². The van der Waals surface area contributed by atoms with E-state index in [0.29, 0.717) is 28.1 Å². The van der Waals surface area contributed by atoms with Crippen LogP contribution >= 0.6 is 15.9 Å². The van der Waals surface area contributed by atoms with Crippen molar-refractivity contribution in [3.8, 4) is 11.5 Å². The van der Waals surface area contributed by atoms with E-state index in [0.717, 1.165) is 42.0 Å². The molecule has 5 rings (SSSR count). The minimum atomic E-state index is -0.703. The Morgan fingerprint density at radius 3 is 2.53 bits per heavy atom. The van der Waals surface area contributed by atoms with Crippen molar-refractivity contribution in [3.63, 3.8) is 0 Å². The molecule has 36 heavy (non-hydrogen) atoms. The Hall–Kier alpha value is -3.65. The van der Waals surface area contributed by atoms with Crippen LogP contribution in [0.2, 0.25) is 0 Å². The molecule has 7 nitrogen and oxygen atoms in total. The number of methoxy groups -OCH3 is 1. The molecule has 184 valence electrons. The number of carbonyl (C=O) groups excluding carboxylic acids is 3. The summed E-state index contributed by atoms with van der Waals surface area (Å²) < 4.78 is 12.3.